The Bertz CT molecular complexity index is 413. The highest BCUT2D eigenvalue weighted by Gasteiger charge is 2.41. The Hall–Kier alpha value is -0.580. The average Bonchev–Trinajstić information content (AvgIpc) is 2.33. The van der Waals surface area contributed by atoms with E-state index in [9.17, 15) is 0 Å². The molecule has 3 heterocycles. The SMILES string of the molecule is CN1CCC2(CC1)CN(C)Sc1ccncc12. The van der Waals surface area contributed by atoms with Gasteiger partial charge in [0.05, 0.1) is 0 Å². The minimum absolute atomic E-state index is 0.343. The lowest BCUT2D eigenvalue weighted by Crippen LogP contribution is -2.48. The largest absolute Gasteiger partial charge is 0.306 e. The van der Waals surface area contributed by atoms with Crippen molar-refractivity contribution < 1.29 is 0 Å². The second-order valence-electron chi connectivity index (χ2n) is 5.33. The van der Waals surface area contributed by atoms with Gasteiger partial charge in [-0.3, -0.25) is 4.98 Å². The van der Waals surface area contributed by atoms with Crippen molar-refractivity contribution in [1.82, 2.24) is 14.2 Å². The summed E-state index contributed by atoms with van der Waals surface area (Å²) in [5.74, 6) is 0. The number of pyridine rings is 1. The summed E-state index contributed by atoms with van der Waals surface area (Å²) in [5.41, 5.74) is 1.83. The number of nitrogens with zero attached hydrogens (tertiary/aromatic N) is 3. The third-order valence-electron chi connectivity index (χ3n) is 4.08. The highest BCUT2D eigenvalue weighted by atomic mass is 32.2. The smallest absolute Gasteiger partial charge is 0.0317 e. The summed E-state index contributed by atoms with van der Waals surface area (Å²) in [6.45, 7) is 3.56. The number of piperidine rings is 1. The molecule has 0 amide bonds. The van der Waals surface area contributed by atoms with Gasteiger partial charge in [0.25, 0.3) is 0 Å². The van der Waals surface area contributed by atoms with Crippen molar-refractivity contribution in [2.45, 2.75) is 23.2 Å². The molecule has 1 aromatic heterocycles. The van der Waals surface area contributed by atoms with Gasteiger partial charge >= 0.3 is 0 Å². The Balaban J connectivity index is 2.00. The number of aromatic nitrogens is 1. The van der Waals surface area contributed by atoms with Crippen LogP contribution in [-0.2, 0) is 5.41 Å². The van der Waals surface area contributed by atoms with Crippen LogP contribution in [0.2, 0.25) is 0 Å². The summed E-state index contributed by atoms with van der Waals surface area (Å²) in [7, 11) is 4.42. The lowest BCUT2D eigenvalue weighted by atomic mass is 9.73. The van der Waals surface area contributed by atoms with E-state index >= 15 is 0 Å². The molecule has 0 atom stereocenters. The number of hydrogen-bond donors (Lipinski definition) is 0. The molecule has 1 spiro atoms. The Kier molecular flexibility index (Phi) is 2.89. The van der Waals surface area contributed by atoms with Crippen molar-refractivity contribution in [2.75, 3.05) is 33.7 Å². The van der Waals surface area contributed by atoms with Crippen LogP contribution < -0.4 is 0 Å². The fraction of sp³-hybridized carbons (Fsp3) is 0.615. The summed E-state index contributed by atoms with van der Waals surface area (Å²) in [6.07, 6.45) is 6.52. The van der Waals surface area contributed by atoms with Crippen molar-refractivity contribution in [3.05, 3.63) is 24.0 Å². The standard InChI is InChI=1S/C13H19N3S/c1-15-7-4-13(5-8-15)10-16(2)17-12-3-6-14-9-11(12)13/h3,6,9H,4-5,7-8,10H2,1-2H3. The Morgan fingerprint density at radius 2 is 2.06 bits per heavy atom. The molecule has 3 rings (SSSR count). The molecule has 1 saturated heterocycles. The van der Waals surface area contributed by atoms with Crippen LogP contribution >= 0.6 is 11.9 Å². The zero-order chi connectivity index (χ0) is 11.9. The van der Waals surface area contributed by atoms with E-state index < -0.39 is 0 Å². The first-order chi connectivity index (χ1) is 8.20. The van der Waals surface area contributed by atoms with Gasteiger partial charge in [-0.25, -0.2) is 4.31 Å². The Morgan fingerprint density at radius 3 is 2.82 bits per heavy atom. The summed E-state index contributed by atoms with van der Waals surface area (Å²) in [5, 5.41) is 0. The molecule has 2 aliphatic heterocycles. The summed E-state index contributed by atoms with van der Waals surface area (Å²) >= 11 is 1.86. The third-order valence-corrected chi connectivity index (χ3v) is 5.07. The maximum absolute atomic E-state index is 4.35. The molecule has 4 heteroatoms. The quantitative estimate of drug-likeness (QED) is 0.655. The molecule has 3 nitrogen and oxygen atoms in total. The number of hydrogen-bond acceptors (Lipinski definition) is 4. The zero-order valence-electron chi connectivity index (χ0n) is 10.5. The van der Waals surface area contributed by atoms with E-state index in [0.717, 1.165) is 6.54 Å². The van der Waals surface area contributed by atoms with Gasteiger partial charge in [0.15, 0.2) is 0 Å². The Morgan fingerprint density at radius 1 is 1.29 bits per heavy atom. The molecule has 1 fully saturated rings. The predicted molar refractivity (Wildman–Crippen MR) is 71.1 cm³/mol. The van der Waals surface area contributed by atoms with Crippen molar-refractivity contribution in [3.8, 4) is 0 Å². The van der Waals surface area contributed by atoms with Crippen LogP contribution in [-0.4, -0.2) is 47.9 Å². The van der Waals surface area contributed by atoms with Gasteiger partial charge in [-0.2, -0.15) is 0 Å². The summed E-state index contributed by atoms with van der Waals surface area (Å²) in [6, 6.07) is 2.16. The first-order valence-electron chi connectivity index (χ1n) is 6.22. The highest BCUT2D eigenvalue weighted by Crippen LogP contribution is 2.45. The number of fused-ring (bicyclic) bond motifs is 2. The molecule has 2 aliphatic rings. The van der Waals surface area contributed by atoms with Crippen LogP contribution in [0, 0.1) is 0 Å². The fourth-order valence-corrected chi connectivity index (χ4v) is 4.18. The predicted octanol–water partition coefficient (Wildman–Crippen LogP) is 2.00. The van der Waals surface area contributed by atoms with Crippen molar-refractivity contribution in [3.63, 3.8) is 0 Å². The van der Waals surface area contributed by atoms with Gasteiger partial charge in [0, 0.05) is 29.2 Å². The first kappa shape index (κ1) is 11.5. The molecule has 0 aliphatic carbocycles. The number of likely N-dealkylation sites (N-methyl/N-ethyl adjacent to an activating group) is 1. The van der Waals surface area contributed by atoms with Crippen LogP contribution in [0.25, 0.3) is 0 Å². The van der Waals surface area contributed by atoms with E-state index in [1.54, 1.807) is 0 Å². The van der Waals surface area contributed by atoms with Gasteiger partial charge in [0.1, 0.15) is 0 Å². The van der Waals surface area contributed by atoms with E-state index in [1.807, 2.05) is 18.1 Å². The monoisotopic (exact) mass is 249 g/mol. The molecule has 0 aromatic carbocycles. The third kappa shape index (κ3) is 1.98. The van der Waals surface area contributed by atoms with E-state index in [0.29, 0.717) is 5.41 Å². The maximum Gasteiger partial charge on any atom is 0.0317 e. The van der Waals surface area contributed by atoms with Gasteiger partial charge < -0.3 is 4.90 Å². The molecular weight excluding hydrogens is 230 g/mol. The minimum Gasteiger partial charge on any atom is -0.306 e. The number of rotatable bonds is 0. The van der Waals surface area contributed by atoms with E-state index in [-0.39, 0.29) is 0 Å². The van der Waals surface area contributed by atoms with Gasteiger partial charge in [-0.05, 0) is 63.6 Å². The summed E-state index contributed by atoms with van der Waals surface area (Å²) in [4.78, 5) is 8.18. The van der Waals surface area contributed by atoms with Crippen LogP contribution in [0.4, 0.5) is 0 Å². The second kappa shape index (κ2) is 4.26. The lowest BCUT2D eigenvalue weighted by molar-refractivity contribution is 0.165. The van der Waals surface area contributed by atoms with Crippen molar-refractivity contribution in [1.29, 1.82) is 0 Å². The molecule has 0 saturated carbocycles. The molecular formula is C13H19N3S. The summed E-state index contributed by atoms with van der Waals surface area (Å²) < 4.78 is 2.38. The second-order valence-corrected chi connectivity index (χ2v) is 6.58. The van der Waals surface area contributed by atoms with Gasteiger partial charge in [-0.15, -0.1) is 0 Å². The van der Waals surface area contributed by atoms with E-state index in [2.05, 4.69) is 40.5 Å². The Labute approximate surface area is 107 Å². The fourth-order valence-electron chi connectivity index (χ4n) is 3.05. The molecule has 17 heavy (non-hydrogen) atoms. The topological polar surface area (TPSA) is 19.4 Å². The normalized spacial score (nSPS) is 24.8. The maximum atomic E-state index is 4.35. The number of likely N-dealkylation sites (tertiary alicyclic amines) is 1. The minimum atomic E-state index is 0.343. The highest BCUT2D eigenvalue weighted by molar-refractivity contribution is 7.97. The van der Waals surface area contributed by atoms with Crippen LogP contribution in [0.15, 0.2) is 23.4 Å². The van der Waals surface area contributed by atoms with Crippen LogP contribution in [0.3, 0.4) is 0 Å². The molecule has 0 N–H and O–H groups in total. The average molecular weight is 249 g/mol. The molecule has 1 aromatic rings. The van der Waals surface area contributed by atoms with Crippen LogP contribution in [0.1, 0.15) is 18.4 Å². The zero-order valence-corrected chi connectivity index (χ0v) is 11.3. The lowest BCUT2D eigenvalue weighted by Gasteiger charge is -2.46. The molecule has 0 bridgehead atoms. The molecule has 0 unspecified atom stereocenters. The van der Waals surface area contributed by atoms with Crippen molar-refractivity contribution >= 4 is 11.9 Å². The van der Waals surface area contributed by atoms with Gasteiger partial charge in [0.2, 0.25) is 0 Å². The van der Waals surface area contributed by atoms with E-state index in [4.69, 9.17) is 0 Å². The van der Waals surface area contributed by atoms with Gasteiger partial charge in [-0.1, -0.05) is 0 Å². The molecule has 0 radical (unpaired) electrons. The van der Waals surface area contributed by atoms with E-state index in [1.165, 1.54) is 36.4 Å². The van der Waals surface area contributed by atoms with Crippen molar-refractivity contribution in [2.24, 2.45) is 0 Å². The first-order valence-corrected chi connectivity index (χ1v) is 6.99. The molecule has 92 valence electrons. The van der Waals surface area contributed by atoms with Crippen LogP contribution in [0.5, 0.6) is 0 Å².